The van der Waals surface area contributed by atoms with Crippen molar-refractivity contribution in [2.75, 3.05) is 27.2 Å². The number of carbonyl (C=O) groups is 1. The van der Waals surface area contributed by atoms with Crippen molar-refractivity contribution in [1.82, 2.24) is 9.80 Å². The third-order valence-corrected chi connectivity index (χ3v) is 4.01. The lowest BCUT2D eigenvalue weighted by Gasteiger charge is -2.22. The first-order chi connectivity index (χ1) is 9.40. The van der Waals surface area contributed by atoms with Crippen LogP contribution >= 0.6 is 0 Å². The van der Waals surface area contributed by atoms with Crippen molar-refractivity contribution in [1.29, 1.82) is 0 Å². The largest absolute Gasteiger partial charge is 0.478 e. The van der Waals surface area contributed by atoms with Crippen LogP contribution < -0.4 is 0 Å². The monoisotopic (exact) mass is 280 g/mol. The second-order valence-electron chi connectivity index (χ2n) is 5.79. The van der Waals surface area contributed by atoms with E-state index in [9.17, 15) is 9.18 Å². The summed E-state index contributed by atoms with van der Waals surface area (Å²) in [5.41, 5.74) is 0.204. The van der Waals surface area contributed by atoms with Crippen LogP contribution in [0.3, 0.4) is 0 Å². The normalized spacial score (nSPS) is 23.4. The van der Waals surface area contributed by atoms with Gasteiger partial charge in [-0.2, -0.15) is 0 Å². The first-order valence-corrected chi connectivity index (χ1v) is 6.79. The maximum Gasteiger partial charge on any atom is 0.338 e. The van der Waals surface area contributed by atoms with Gasteiger partial charge >= 0.3 is 5.97 Å². The maximum absolute atomic E-state index is 14.1. The third kappa shape index (κ3) is 2.99. The fourth-order valence-corrected chi connectivity index (χ4v) is 2.96. The molecule has 2 unspecified atom stereocenters. The average Bonchev–Trinajstić information content (AvgIpc) is 2.72. The number of likely N-dealkylation sites (N-methyl/N-ethyl adjacent to an activating group) is 1. The highest BCUT2D eigenvalue weighted by Gasteiger charge is 2.31. The van der Waals surface area contributed by atoms with E-state index in [-0.39, 0.29) is 5.56 Å². The Kier molecular flexibility index (Phi) is 4.40. The Morgan fingerprint density at radius 2 is 2.15 bits per heavy atom. The van der Waals surface area contributed by atoms with Gasteiger partial charge in [0, 0.05) is 31.2 Å². The number of hydrogen-bond acceptors (Lipinski definition) is 3. The number of likely N-dealkylation sites (tertiary alicyclic amines) is 1. The predicted octanol–water partition coefficient (Wildman–Crippen LogP) is 1.91. The van der Waals surface area contributed by atoms with Crippen LogP contribution in [0.1, 0.15) is 22.8 Å². The first kappa shape index (κ1) is 14.9. The van der Waals surface area contributed by atoms with E-state index in [0.717, 1.165) is 13.1 Å². The van der Waals surface area contributed by atoms with Crippen molar-refractivity contribution in [3.8, 4) is 0 Å². The summed E-state index contributed by atoms with van der Waals surface area (Å²) in [6.45, 7) is 4.43. The lowest BCUT2D eigenvalue weighted by molar-refractivity contribution is 0.0691. The van der Waals surface area contributed by atoms with Crippen molar-refractivity contribution >= 4 is 5.97 Å². The molecule has 1 heterocycles. The van der Waals surface area contributed by atoms with Gasteiger partial charge in [0.2, 0.25) is 0 Å². The molecule has 0 spiro atoms. The molecule has 1 aromatic rings. The molecule has 0 radical (unpaired) electrons. The summed E-state index contributed by atoms with van der Waals surface area (Å²) in [5, 5.41) is 8.95. The Hall–Kier alpha value is -1.46. The van der Waals surface area contributed by atoms with Gasteiger partial charge in [-0.1, -0.05) is 19.1 Å². The van der Waals surface area contributed by atoms with E-state index in [0.29, 0.717) is 24.1 Å². The lowest BCUT2D eigenvalue weighted by Crippen LogP contribution is -2.34. The highest BCUT2D eigenvalue weighted by Crippen LogP contribution is 2.23. The predicted molar refractivity (Wildman–Crippen MR) is 75.3 cm³/mol. The van der Waals surface area contributed by atoms with Gasteiger partial charge in [0.1, 0.15) is 5.82 Å². The van der Waals surface area contributed by atoms with Gasteiger partial charge in [0.05, 0.1) is 5.56 Å². The molecule has 1 aromatic carbocycles. The quantitative estimate of drug-likeness (QED) is 0.915. The summed E-state index contributed by atoms with van der Waals surface area (Å²) in [4.78, 5) is 15.3. The van der Waals surface area contributed by atoms with Crippen LogP contribution in [0.15, 0.2) is 18.2 Å². The van der Waals surface area contributed by atoms with Crippen molar-refractivity contribution < 1.29 is 14.3 Å². The van der Waals surface area contributed by atoms with Crippen molar-refractivity contribution in [2.24, 2.45) is 5.92 Å². The topological polar surface area (TPSA) is 43.8 Å². The van der Waals surface area contributed by atoms with Crippen molar-refractivity contribution in [3.05, 3.63) is 35.1 Å². The second kappa shape index (κ2) is 5.89. The first-order valence-electron chi connectivity index (χ1n) is 6.79. The molecule has 110 valence electrons. The van der Waals surface area contributed by atoms with E-state index >= 15 is 0 Å². The van der Waals surface area contributed by atoms with Gasteiger partial charge in [0.25, 0.3) is 0 Å². The van der Waals surface area contributed by atoms with Crippen LogP contribution in [0.2, 0.25) is 0 Å². The summed E-state index contributed by atoms with van der Waals surface area (Å²) < 4.78 is 14.1. The van der Waals surface area contributed by atoms with Crippen LogP contribution in [-0.4, -0.2) is 54.1 Å². The molecule has 5 heteroatoms. The van der Waals surface area contributed by atoms with E-state index in [4.69, 9.17) is 5.11 Å². The van der Waals surface area contributed by atoms with Gasteiger partial charge in [-0.15, -0.1) is 0 Å². The van der Waals surface area contributed by atoms with Crippen LogP contribution in [0.25, 0.3) is 0 Å². The summed E-state index contributed by atoms with van der Waals surface area (Å²) >= 11 is 0. The Morgan fingerprint density at radius 3 is 2.70 bits per heavy atom. The molecule has 2 atom stereocenters. The number of halogens is 1. The molecule has 2 rings (SSSR count). The average molecular weight is 280 g/mol. The molecule has 0 aliphatic carbocycles. The fourth-order valence-electron chi connectivity index (χ4n) is 2.96. The molecule has 0 bridgehead atoms. The van der Waals surface area contributed by atoms with Gasteiger partial charge in [0.15, 0.2) is 0 Å². The van der Waals surface area contributed by atoms with Gasteiger partial charge < -0.3 is 10.0 Å². The SMILES string of the molecule is CC1CN(Cc2cccc(C(=O)O)c2F)CC1N(C)C. The van der Waals surface area contributed by atoms with E-state index in [1.165, 1.54) is 6.07 Å². The Labute approximate surface area is 118 Å². The molecule has 1 aliphatic heterocycles. The summed E-state index contributed by atoms with van der Waals surface area (Å²) in [5.74, 6) is -1.30. The smallest absolute Gasteiger partial charge is 0.338 e. The number of benzene rings is 1. The van der Waals surface area contributed by atoms with Crippen LogP contribution in [0, 0.1) is 11.7 Å². The lowest BCUT2D eigenvalue weighted by atomic mass is 10.1. The highest BCUT2D eigenvalue weighted by molar-refractivity contribution is 5.88. The minimum Gasteiger partial charge on any atom is -0.478 e. The molecule has 4 nitrogen and oxygen atoms in total. The molecular formula is C15H21FN2O2. The molecule has 1 aliphatic rings. The Bertz CT molecular complexity index is 505. The number of aromatic carboxylic acids is 1. The molecule has 0 saturated carbocycles. The van der Waals surface area contributed by atoms with Crippen molar-refractivity contribution in [3.63, 3.8) is 0 Å². The van der Waals surface area contributed by atoms with Crippen molar-refractivity contribution in [2.45, 2.75) is 19.5 Å². The van der Waals surface area contributed by atoms with Gasteiger partial charge in [-0.25, -0.2) is 9.18 Å². The minimum atomic E-state index is -1.22. The Morgan fingerprint density at radius 1 is 1.45 bits per heavy atom. The van der Waals surface area contributed by atoms with Gasteiger partial charge in [-0.3, -0.25) is 4.90 Å². The number of carboxylic acid groups (broad SMARTS) is 1. The van der Waals surface area contributed by atoms with E-state index in [1.54, 1.807) is 12.1 Å². The van der Waals surface area contributed by atoms with E-state index < -0.39 is 11.8 Å². The summed E-state index contributed by atoms with van der Waals surface area (Å²) in [6, 6.07) is 5.03. The molecule has 0 aromatic heterocycles. The summed E-state index contributed by atoms with van der Waals surface area (Å²) in [7, 11) is 4.10. The van der Waals surface area contributed by atoms with Crippen LogP contribution in [0.4, 0.5) is 4.39 Å². The number of rotatable bonds is 4. The molecule has 1 saturated heterocycles. The second-order valence-corrected chi connectivity index (χ2v) is 5.79. The Balaban J connectivity index is 2.12. The molecular weight excluding hydrogens is 259 g/mol. The van der Waals surface area contributed by atoms with Gasteiger partial charge in [-0.05, 0) is 26.1 Å². The van der Waals surface area contributed by atoms with E-state index in [2.05, 4.69) is 30.8 Å². The number of nitrogens with zero attached hydrogens (tertiary/aromatic N) is 2. The standard InChI is InChI=1S/C15H21FN2O2/c1-10-7-18(9-13(10)17(2)3)8-11-5-4-6-12(14(11)16)15(19)20/h4-6,10,13H,7-9H2,1-3H3,(H,19,20). The fraction of sp³-hybridized carbons (Fsp3) is 0.533. The maximum atomic E-state index is 14.1. The molecule has 1 N–H and O–H groups in total. The third-order valence-electron chi connectivity index (χ3n) is 4.01. The molecule has 1 fully saturated rings. The summed E-state index contributed by atoms with van der Waals surface area (Å²) in [6.07, 6.45) is 0. The zero-order valence-electron chi connectivity index (χ0n) is 12.1. The van der Waals surface area contributed by atoms with Crippen LogP contribution in [-0.2, 0) is 6.54 Å². The van der Waals surface area contributed by atoms with Crippen LogP contribution in [0.5, 0.6) is 0 Å². The highest BCUT2D eigenvalue weighted by atomic mass is 19.1. The zero-order chi connectivity index (χ0) is 14.9. The molecule has 0 amide bonds. The van der Waals surface area contributed by atoms with E-state index in [1.807, 2.05) is 0 Å². The minimum absolute atomic E-state index is 0.251. The zero-order valence-corrected chi connectivity index (χ0v) is 12.1. The number of hydrogen-bond donors (Lipinski definition) is 1. The number of carboxylic acids is 1. The molecule has 20 heavy (non-hydrogen) atoms.